The first-order valence-electron chi connectivity index (χ1n) is 23.5. The van der Waals surface area contributed by atoms with Crippen LogP contribution >= 0.6 is 0 Å². The SMILES string of the molecule is c1ccc([Si]2(c3ccccc3)c3ccccc3-c3cc4c(cc32)N(c2ccc3cc(N5c6ccccc6N(c6ccncc6)c6ccccc65)ccc3c2)c2ccccc2N4c2ccncc2)cc1. The predicted octanol–water partition coefficient (Wildman–Crippen LogP) is 13.5. The number of benzene rings is 9. The van der Waals surface area contributed by atoms with Crippen molar-refractivity contribution in [2.24, 2.45) is 0 Å². The fraction of sp³-hybridized carbons (Fsp3) is 0. The van der Waals surface area contributed by atoms with Gasteiger partial charge in [0.25, 0.3) is 0 Å². The summed E-state index contributed by atoms with van der Waals surface area (Å²) in [5, 5.41) is 7.90. The molecular formula is C62H42N6Si. The summed E-state index contributed by atoms with van der Waals surface area (Å²) in [7, 11) is -2.81. The van der Waals surface area contributed by atoms with Crippen LogP contribution in [0.25, 0.3) is 21.9 Å². The summed E-state index contributed by atoms with van der Waals surface area (Å²) in [6.07, 6.45) is 7.51. The fourth-order valence-electron chi connectivity index (χ4n) is 11.5. The second kappa shape index (κ2) is 15.5. The molecule has 0 saturated heterocycles. The van der Waals surface area contributed by atoms with E-state index in [-0.39, 0.29) is 0 Å². The maximum Gasteiger partial charge on any atom is 0.180 e. The third-order valence-corrected chi connectivity index (χ3v) is 19.2. The summed E-state index contributed by atoms with van der Waals surface area (Å²) < 4.78 is 0. The van der Waals surface area contributed by atoms with Crippen molar-refractivity contribution in [1.82, 2.24) is 9.97 Å². The third-order valence-electron chi connectivity index (χ3n) is 14.3. The van der Waals surface area contributed by atoms with Gasteiger partial charge < -0.3 is 19.6 Å². The first-order chi connectivity index (χ1) is 34.3. The van der Waals surface area contributed by atoms with E-state index >= 15 is 0 Å². The van der Waals surface area contributed by atoms with E-state index in [1.54, 1.807) is 0 Å². The molecule has 11 aromatic rings. The maximum atomic E-state index is 4.45. The smallest absolute Gasteiger partial charge is 0.180 e. The molecule has 6 nitrogen and oxygen atoms in total. The Morgan fingerprint density at radius 2 is 0.638 bits per heavy atom. The number of anilines is 12. The Morgan fingerprint density at radius 3 is 1.12 bits per heavy atom. The number of pyridine rings is 2. The van der Waals surface area contributed by atoms with Gasteiger partial charge in [0.15, 0.2) is 8.07 Å². The Hall–Kier alpha value is -9.04. The van der Waals surface area contributed by atoms with E-state index in [0.29, 0.717) is 0 Å². The van der Waals surface area contributed by atoms with Crippen molar-refractivity contribution < 1.29 is 0 Å². The highest BCUT2D eigenvalue weighted by Gasteiger charge is 2.50. The molecule has 14 rings (SSSR count). The minimum Gasteiger partial charge on any atom is -0.306 e. The van der Waals surface area contributed by atoms with Gasteiger partial charge in [-0.25, -0.2) is 0 Å². The van der Waals surface area contributed by atoms with E-state index in [0.717, 1.165) is 79.0 Å². The molecule has 9 aromatic carbocycles. The van der Waals surface area contributed by atoms with Crippen LogP contribution < -0.4 is 40.3 Å². The summed E-state index contributed by atoms with van der Waals surface area (Å²) in [6, 6.07) is 85.1. The molecule has 0 atom stereocenters. The first kappa shape index (κ1) is 39.2. The van der Waals surface area contributed by atoms with Gasteiger partial charge in [-0.3, -0.25) is 9.97 Å². The van der Waals surface area contributed by atoms with Gasteiger partial charge in [0.05, 0.1) is 45.5 Å². The molecule has 2 aromatic heterocycles. The Balaban J connectivity index is 0.967. The Labute approximate surface area is 401 Å². The van der Waals surface area contributed by atoms with Crippen molar-refractivity contribution in [2.45, 2.75) is 0 Å². The molecule has 0 aliphatic carbocycles. The summed E-state index contributed by atoms with van der Waals surface area (Å²) in [5.41, 5.74) is 15.9. The minimum absolute atomic E-state index is 1.06. The van der Waals surface area contributed by atoms with E-state index in [1.807, 2.05) is 24.8 Å². The number of fused-ring (bicyclic) bond motifs is 8. The molecule has 69 heavy (non-hydrogen) atoms. The van der Waals surface area contributed by atoms with E-state index in [2.05, 4.69) is 260 Å². The maximum absolute atomic E-state index is 4.45. The number of aromatic nitrogens is 2. The number of rotatable bonds is 6. The van der Waals surface area contributed by atoms with Crippen molar-refractivity contribution in [3.8, 4) is 11.1 Å². The normalized spacial score (nSPS) is 13.8. The third kappa shape index (κ3) is 5.84. The zero-order valence-corrected chi connectivity index (χ0v) is 38.4. The minimum atomic E-state index is -2.81. The standard InChI is InChI=1S/C62H42N6Si/c1-3-15-49(16-4-1)69(50-17-5-2-6-18-50)61-26-14-7-19-51(61)52-41-59-60(42-62(52)69)68(58-25-13-10-22-55(58)66(59)46-33-37-64-38-34-46)48-30-28-43-39-47(29-27-44(43)40-48)67-56-23-11-8-20-53(56)65(45-31-35-63-36-32-45)54-21-9-12-24-57(54)67/h1-42H. The van der Waals surface area contributed by atoms with Gasteiger partial charge in [0, 0.05) is 47.5 Å². The van der Waals surface area contributed by atoms with Crippen molar-refractivity contribution in [3.05, 3.63) is 255 Å². The second-order valence-corrected chi connectivity index (χ2v) is 21.6. The Morgan fingerprint density at radius 1 is 0.261 bits per heavy atom. The average Bonchev–Trinajstić information content (AvgIpc) is 3.71. The Kier molecular flexibility index (Phi) is 8.81. The average molecular weight is 899 g/mol. The van der Waals surface area contributed by atoms with Crippen LogP contribution in [0, 0.1) is 0 Å². The summed E-state index contributed by atoms with van der Waals surface area (Å²) in [6.45, 7) is 0. The fourth-order valence-corrected chi connectivity index (χ4v) is 16.7. The zero-order valence-electron chi connectivity index (χ0n) is 37.4. The van der Waals surface area contributed by atoms with Gasteiger partial charge in [0.1, 0.15) is 0 Å². The largest absolute Gasteiger partial charge is 0.306 e. The van der Waals surface area contributed by atoms with E-state index in [4.69, 9.17) is 0 Å². The molecule has 3 aliphatic heterocycles. The summed E-state index contributed by atoms with van der Waals surface area (Å²) in [5.74, 6) is 0. The van der Waals surface area contributed by atoms with Gasteiger partial charge in [-0.05, 0) is 140 Å². The lowest BCUT2D eigenvalue weighted by atomic mass is 9.99. The molecule has 5 heterocycles. The molecule has 0 amide bonds. The molecule has 3 aliphatic rings. The highest BCUT2D eigenvalue weighted by atomic mass is 28.3. The highest BCUT2D eigenvalue weighted by molar-refractivity contribution is 7.22. The van der Waals surface area contributed by atoms with Crippen LogP contribution in [-0.4, -0.2) is 18.0 Å². The molecule has 0 saturated carbocycles. The van der Waals surface area contributed by atoms with Crippen LogP contribution in [0.15, 0.2) is 255 Å². The monoisotopic (exact) mass is 898 g/mol. The van der Waals surface area contributed by atoms with Crippen molar-refractivity contribution in [3.63, 3.8) is 0 Å². The van der Waals surface area contributed by atoms with Crippen molar-refractivity contribution >= 4 is 108 Å². The zero-order chi connectivity index (χ0) is 45.5. The molecule has 324 valence electrons. The molecule has 0 radical (unpaired) electrons. The molecular weight excluding hydrogens is 857 g/mol. The van der Waals surface area contributed by atoms with E-state index in [9.17, 15) is 0 Å². The lowest BCUT2D eigenvalue weighted by molar-refractivity contribution is 1.16. The van der Waals surface area contributed by atoms with E-state index in [1.165, 1.54) is 31.9 Å². The number of para-hydroxylation sites is 6. The van der Waals surface area contributed by atoms with Crippen LogP contribution in [0.5, 0.6) is 0 Å². The first-order valence-corrected chi connectivity index (χ1v) is 25.5. The Bertz CT molecular complexity index is 3690. The lowest BCUT2D eigenvalue weighted by Crippen LogP contribution is -2.72. The van der Waals surface area contributed by atoms with Gasteiger partial charge >= 0.3 is 0 Å². The number of nitrogens with zero attached hydrogens (tertiary/aromatic N) is 6. The van der Waals surface area contributed by atoms with Crippen molar-refractivity contribution in [2.75, 3.05) is 19.6 Å². The van der Waals surface area contributed by atoms with Crippen molar-refractivity contribution in [1.29, 1.82) is 0 Å². The summed E-state index contributed by atoms with van der Waals surface area (Å²) >= 11 is 0. The van der Waals surface area contributed by atoms with Gasteiger partial charge in [-0.2, -0.15) is 0 Å². The van der Waals surface area contributed by atoms with Gasteiger partial charge in [-0.1, -0.05) is 133 Å². The topological polar surface area (TPSA) is 38.7 Å². The van der Waals surface area contributed by atoms with Crippen LogP contribution in [0.3, 0.4) is 0 Å². The summed E-state index contributed by atoms with van der Waals surface area (Å²) in [4.78, 5) is 18.4. The second-order valence-electron chi connectivity index (χ2n) is 17.8. The van der Waals surface area contributed by atoms with Crippen LogP contribution in [-0.2, 0) is 0 Å². The van der Waals surface area contributed by atoms with Crippen LogP contribution in [0.4, 0.5) is 68.2 Å². The molecule has 0 bridgehead atoms. The van der Waals surface area contributed by atoms with Crippen LogP contribution in [0.2, 0.25) is 0 Å². The number of hydrogen-bond donors (Lipinski definition) is 0. The molecule has 0 spiro atoms. The molecule has 7 heteroatoms. The number of hydrogen-bond acceptors (Lipinski definition) is 6. The van der Waals surface area contributed by atoms with Gasteiger partial charge in [-0.15, -0.1) is 0 Å². The highest BCUT2D eigenvalue weighted by Crippen LogP contribution is 2.57. The van der Waals surface area contributed by atoms with Crippen LogP contribution in [0.1, 0.15) is 0 Å². The van der Waals surface area contributed by atoms with E-state index < -0.39 is 8.07 Å². The lowest BCUT2D eigenvalue weighted by Gasteiger charge is -2.41. The quantitative estimate of drug-likeness (QED) is 0.155. The molecule has 0 fully saturated rings. The van der Waals surface area contributed by atoms with Gasteiger partial charge in [0.2, 0.25) is 0 Å². The molecule has 0 N–H and O–H groups in total. The molecule has 0 unspecified atom stereocenters. The predicted molar refractivity (Wildman–Crippen MR) is 288 cm³/mol.